The van der Waals surface area contributed by atoms with Gasteiger partial charge in [0.1, 0.15) is 5.75 Å². The molecule has 4 heteroatoms. The smallest absolute Gasteiger partial charge is 0.209 e. The highest BCUT2D eigenvalue weighted by Gasteiger charge is 2.16. The van der Waals surface area contributed by atoms with Crippen molar-refractivity contribution in [2.24, 2.45) is 4.99 Å². The number of phenolic OH excluding ortho intramolecular Hbond substituents is 1. The van der Waals surface area contributed by atoms with Gasteiger partial charge in [-0.2, -0.15) is 0 Å². The van der Waals surface area contributed by atoms with E-state index in [0.29, 0.717) is 10.7 Å². The summed E-state index contributed by atoms with van der Waals surface area (Å²) < 4.78 is 0. The Kier molecular flexibility index (Phi) is 3.48. The van der Waals surface area contributed by atoms with Crippen LogP contribution >= 0.6 is 11.3 Å². The van der Waals surface area contributed by atoms with Gasteiger partial charge in [-0.1, -0.05) is 32.9 Å². The molecule has 1 aromatic carbocycles. The molecule has 0 saturated carbocycles. The van der Waals surface area contributed by atoms with Gasteiger partial charge in [0, 0.05) is 22.6 Å². The van der Waals surface area contributed by atoms with Crippen molar-refractivity contribution in [2.45, 2.75) is 26.2 Å². The number of phenols is 1. The second-order valence-corrected chi connectivity index (χ2v) is 5.92. The van der Waals surface area contributed by atoms with Crippen LogP contribution in [-0.4, -0.2) is 16.3 Å². The van der Waals surface area contributed by atoms with Crippen LogP contribution in [0, 0.1) is 0 Å². The largest absolute Gasteiger partial charge is 0.507 e. The van der Waals surface area contributed by atoms with Crippen molar-refractivity contribution in [3.8, 4) is 5.75 Å². The van der Waals surface area contributed by atoms with Gasteiger partial charge in [0.05, 0.1) is 5.69 Å². The van der Waals surface area contributed by atoms with E-state index in [9.17, 15) is 5.11 Å². The van der Waals surface area contributed by atoms with E-state index in [1.165, 1.54) is 11.3 Å². The highest BCUT2D eigenvalue weighted by Crippen LogP contribution is 2.28. The Hall–Kier alpha value is -1.68. The number of aromatic nitrogens is 1. The predicted molar refractivity (Wildman–Crippen MR) is 76.2 cm³/mol. The van der Waals surface area contributed by atoms with Crippen molar-refractivity contribution in [3.63, 3.8) is 0 Å². The zero-order valence-electron chi connectivity index (χ0n) is 10.7. The van der Waals surface area contributed by atoms with Gasteiger partial charge in [0.15, 0.2) is 0 Å². The van der Waals surface area contributed by atoms with Gasteiger partial charge in [-0.15, -0.1) is 11.3 Å². The number of aliphatic imine (C=N–C) groups is 1. The van der Waals surface area contributed by atoms with Crippen molar-refractivity contribution in [1.29, 1.82) is 0 Å². The third kappa shape index (κ3) is 2.96. The fourth-order valence-corrected chi connectivity index (χ4v) is 2.28. The lowest BCUT2D eigenvalue weighted by Crippen LogP contribution is -2.10. The Balaban J connectivity index is 2.20. The monoisotopic (exact) mass is 260 g/mol. The topological polar surface area (TPSA) is 45.5 Å². The van der Waals surface area contributed by atoms with Crippen LogP contribution in [0.1, 0.15) is 32.0 Å². The first kappa shape index (κ1) is 12.8. The molecular weight excluding hydrogens is 244 g/mol. The summed E-state index contributed by atoms with van der Waals surface area (Å²) in [5.74, 6) is 0.230. The summed E-state index contributed by atoms with van der Waals surface area (Å²) in [7, 11) is 0. The lowest BCUT2D eigenvalue weighted by Gasteiger charge is -2.13. The molecule has 0 aliphatic rings. The van der Waals surface area contributed by atoms with Gasteiger partial charge in [-0.05, 0) is 12.1 Å². The van der Waals surface area contributed by atoms with Crippen LogP contribution in [-0.2, 0) is 5.41 Å². The first-order valence-electron chi connectivity index (χ1n) is 5.75. The maximum absolute atomic E-state index is 9.61. The van der Waals surface area contributed by atoms with E-state index in [-0.39, 0.29) is 11.2 Å². The van der Waals surface area contributed by atoms with Crippen LogP contribution in [0.4, 0.5) is 5.13 Å². The number of rotatable bonds is 2. The molecule has 0 radical (unpaired) electrons. The van der Waals surface area contributed by atoms with Gasteiger partial charge in [0.25, 0.3) is 0 Å². The fourth-order valence-electron chi connectivity index (χ4n) is 1.39. The molecule has 2 aromatic rings. The molecule has 0 aliphatic carbocycles. The molecule has 18 heavy (non-hydrogen) atoms. The maximum atomic E-state index is 9.61. The van der Waals surface area contributed by atoms with Gasteiger partial charge in [-0.25, -0.2) is 9.98 Å². The summed E-state index contributed by atoms with van der Waals surface area (Å²) in [5.41, 5.74) is 1.78. The first-order chi connectivity index (χ1) is 8.47. The third-order valence-corrected chi connectivity index (χ3v) is 3.26. The standard InChI is InChI=1S/C14H16N2OS/c1-14(2,3)12-9-18-13(16-12)15-8-10-6-4-5-7-11(10)17/h4-9,17H,1-3H3. The number of para-hydroxylation sites is 1. The molecule has 2 rings (SSSR count). The van der Waals surface area contributed by atoms with Crippen LogP contribution in [0.3, 0.4) is 0 Å². The number of nitrogens with zero attached hydrogens (tertiary/aromatic N) is 2. The Morgan fingerprint density at radius 1 is 1.28 bits per heavy atom. The van der Waals surface area contributed by atoms with E-state index >= 15 is 0 Å². The lowest BCUT2D eigenvalue weighted by atomic mass is 9.93. The molecule has 3 nitrogen and oxygen atoms in total. The molecule has 0 saturated heterocycles. The molecule has 1 N–H and O–H groups in total. The van der Waals surface area contributed by atoms with Crippen molar-refractivity contribution >= 4 is 22.7 Å². The zero-order valence-corrected chi connectivity index (χ0v) is 11.5. The SMILES string of the molecule is CC(C)(C)c1csc(N=Cc2ccccc2O)n1. The molecule has 0 unspecified atom stereocenters. The average Bonchev–Trinajstić information content (AvgIpc) is 2.76. The fraction of sp³-hybridized carbons (Fsp3) is 0.286. The lowest BCUT2D eigenvalue weighted by molar-refractivity contribution is 0.474. The first-order valence-corrected chi connectivity index (χ1v) is 6.63. The van der Waals surface area contributed by atoms with Crippen molar-refractivity contribution in [1.82, 2.24) is 4.98 Å². The predicted octanol–water partition coefficient (Wildman–Crippen LogP) is 3.90. The van der Waals surface area contributed by atoms with E-state index in [1.807, 2.05) is 17.5 Å². The minimum atomic E-state index is 0.0408. The molecule has 94 valence electrons. The molecule has 0 aliphatic heterocycles. The summed E-state index contributed by atoms with van der Waals surface area (Å²) >= 11 is 1.51. The van der Waals surface area contributed by atoms with Crippen LogP contribution in [0.25, 0.3) is 0 Å². The number of hydrogen-bond donors (Lipinski definition) is 1. The minimum absolute atomic E-state index is 0.0408. The van der Waals surface area contributed by atoms with Crippen molar-refractivity contribution in [3.05, 3.63) is 40.9 Å². The van der Waals surface area contributed by atoms with Crippen LogP contribution in [0.5, 0.6) is 5.75 Å². The summed E-state index contributed by atoms with van der Waals surface area (Å²) in [4.78, 5) is 8.76. The maximum Gasteiger partial charge on any atom is 0.209 e. The molecule has 0 atom stereocenters. The Morgan fingerprint density at radius 3 is 2.61 bits per heavy atom. The Labute approximate surface area is 111 Å². The van der Waals surface area contributed by atoms with E-state index in [4.69, 9.17) is 0 Å². The van der Waals surface area contributed by atoms with Gasteiger partial charge in [0.2, 0.25) is 5.13 Å². The normalized spacial score (nSPS) is 12.2. The van der Waals surface area contributed by atoms with Gasteiger partial charge < -0.3 is 5.11 Å². The summed E-state index contributed by atoms with van der Waals surface area (Å²) in [6.45, 7) is 6.37. The second kappa shape index (κ2) is 4.90. The highest BCUT2D eigenvalue weighted by molar-refractivity contribution is 7.13. The van der Waals surface area contributed by atoms with Crippen molar-refractivity contribution in [2.75, 3.05) is 0 Å². The quantitative estimate of drug-likeness (QED) is 0.832. The van der Waals surface area contributed by atoms with Gasteiger partial charge in [-0.3, -0.25) is 0 Å². The second-order valence-electron chi connectivity index (χ2n) is 5.08. The number of hydrogen-bond acceptors (Lipinski definition) is 4. The van der Waals surface area contributed by atoms with E-state index < -0.39 is 0 Å². The van der Waals surface area contributed by atoms with E-state index in [0.717, 1.165) is 5.69 Å². The molecule has 1 heterocycles. The van der Waals surface area contributed by atoms with Crippen molar-refractivity contribution < 1.29 is 5.11 Å². The Bertz CT molecular complexity index is 567. The summed E-state index contributed by atoms with van der Waals surface area (Å²) in [5, 5.41) is 12.4. The van der Waals surface area contributed by atoms with Gasteiger partial charge >= 0.3 is 0 Å². The van der Waals surface area contributed by atoms with Crippen LogP contribution in [0.2, 0.25) is 0 Å². The summed E-state index contributed by atoms with van der Waals surface area (Å²) in [6, 6.07) is 7.11. The molecule has 1 aromatic heterocycles. The number of thiazole rings is 1. The third-order valence-electron chi connectivity index (χ3n) is 2.51. The molecular formula is C14H16N2OS. The molecule has 0 fully saturated rings. The van der Waals surface area contributed by atoms with E-state index in [2.05, 4.69) is 30.7 Å². The van der Waals surface area contributed by atoms with Crippen LogP contribution < -0.4 is 0 Å². The average molecular weight is 260 g/mol. The molecule has 0 spiro atoms. The zero-order chi connectivity index (χ0) is 13.2. The number of benzene rings is 1. The minimum Gasteiger partial charge on any atom is -0.507 e. The highest BCUT2D eigenvalue weighted by atomic mass is 32.1. The molecule has 0 bridgehead atoms. The summed E-state index contributed by atoms with van der Waals surface area (Å²) in [6.07, 6.45) is 1.64. The number of aromatic hydroxyl groups is 1. The molecule has 0 amide bonds. The van der Waals surface area contributed by atoms with Crippen LogP contribution in [0.15, 0.2) is 34.6 Å². The van der Waals surface area contributed by atoms with E-state index in [1.54, 1.807) is 18.3 Å². The Morgan fingerprint density at radius 2 is 2.00 bits per heavy atom.